The zero-order valence-electron chi connectivity index (χ0n) is 11.4. The first-order valence-electron chi connectivity index (χ1n) is 6.24. The van der Waals surface area contributed by atoms with Crippen LogP contribution in [0.4, 0.5) is 9.18 Å². The molecular formula is C14H18FNO3. The van der Waals surface area contributed by atoms with Crippen LogP contribution >= 0.6 is 0 Å². The van der Waals surface area contributed by atoms with Crippen molar-refractivity contribution in [3.63, 3.8) is 0 Å². The first kappa shape index (κ1) is 13.6. The third kappa shape index (κ3) is 2.64. The Labute approximate surface area is 111 Å². The summed E-state index contributed by atoms with van der Waals surface area (Å²) in [5, 5.41) is 9.28. The van der Waals surface area contributed by atoms with Gasteiger partial charge < -0.3 is 9.84 Å². The van der Waals surface area contributed by atoms with Crippen LogP contribution in [0, 0.1) is 5.82 Å². The van der Waals surface area contributed by atoms with Crippen LogP contribution in [0.15, 0.2) is 12.1 Å². The molecule has 1 N–H and O–H groups in total. The molecule has 1 aromatic carbocycles. The number of hydrogen-bond donors (Lipinski definition) is 1. The minimum absolute atomic E-state index is 0.0389. The molecule has 0 aliphatic carbocycles. The maximum absolute atomic E-state index is 14.0. The molecule has 104 valence electrons. The molecule has 1 amide bonds. The number of halogens is 1. The number of benzene rings is 1. The van der Waals surface area contributed by atoms with Gasteiger partial charge in [-0.1, -0.05) is 0 Å². The topological polar surface area (TPSA) is 49.8 Å². The van der Waals surface area contributed by atoms with Crippen LogP contribution in [0.3, 0.4) is 0 Å². The number of ether oxygens (including phenoxy) is 1. The van der Waals surface area contributed by atoms with E-state index >= 15 is 0 Å². The van der Waals surface area contributed by atoms with Crippen molar-refractivity contribution in [1.82, 2.24) is 4.90 Å². The van der Waals surface area contributed by atoms with Crippen molar-refractivity contribution in [2.75, 3.05) is 6.61 Å². The van der Waals surface area contributed by atoms with Gasteiger partial charge in [-0.25, -0.2) is 9.18 Å². The summed E-state index contributed by atoms with van der Waals surface area (Å²) in [4.78, 5) is 12.6. The molecule has 1 aromatic rings. The smallest absolute Gasteiger partial charge is 0.408 e. The first-order chi connectivity index (χ1) is 8.80. The Bertz CT molecular complexity index is 508. The molecule has 0 unspecified atom stereocenters. The average molecular weight is 267 g/mol. The van der Waals surface area contributed by atoms with Crippen LogP contribution < -0.4 is 4.74 Å². The van der Waals surface area contributed by atoms with E-state index in [0.717, 1.165) is 5.56 Å². The van der Waals surface area contributed by atoms with Gasteiger partial charge in [0.15, 0.2) is 0 Å². The van der Waals surface area contributed by atoms with Crippen molar-refractivity contribution >= 4 is 6.09 Å². The van der Waals surface area contributed by atoms with Crippen LogP contribution in [0.2, 0.25) is 0 Å². The van der Waals surface area contributed by atoms with Gasteiger partial charge in [0.05, 0.1) is 13.2 Å². The highest BCUT2D eigenvalue weighted by Crippen LogP contribution is 2.32. The summed E-state index contributed by atoms with van der Waals surface area (Å²) in [5.74, 6) is 0.287. The molecule has 0 radical (unpaired) electrons. The van der Waals surface area contributed by atoms with E-state index in [1.807, 2.05) is 0 Å². The van der Waals surface area contributed by atoms with Gasteiger partial charge in [-0.05, 0) is 32.9 Å². The monoisotopic (exact) mass is 267 g/mol. The van der Waals surface area contributed by atoms with E-state index < -0.39 is 11.6 Å². The highest BCUT2D eigenvalue weighted by atomic mass is 19.1. The fraction of sp³-hybridized carbons (Fsp3) is 0.500. The molecule has 1 aliphatic heterocycles. The number of hydrogen-bond acceptors (Lipinski definition) is 2. The van der Waals surface area contributed by atoms with Gasteiger partial charge in [0, 0.05) is 23.1 Å². The zero-order chi connectivity index (χ0) is 14.2. The highest BCUT2D eigenvalue weighted by molar-refractivity contribution is 5.66. The van der Waals surface area contributed by atoms with Crippen LogP contribution in [-0.2, 0) is 13.0 Å². The lowest BCUT2D eigenvalue weighted by Gasteiger charge is -2.33. The van der Waals surface area contributed by atoms with Gasteiger partial charge in [-0.2, -0.15) is 0 Å². The van der Waals surface area contributed by atoms with Gasteiger partial charge >= 0.3 is 6.09 Å². The average Bonchev–Trinajstić information content (AvgIpc) is 2.73. The second kappa shape index (κ2) is 4.72. The van der Waals surface area contributed by atoms with E-state index in [1.54, 1.807) is 26.8 Å². The Morgan fingerprint density at radius 2 is 2.16 bits per heavy atom. The van der Waals surface area contributed by atoms with Gasteiger partial charge in [-0.15, -0.1) is 0 Å². The molecule has 4 nitrogen and oxygen atoms in total. The molecule has 19 heavy (non-hydrogen) atoms. The number of amides is 1. The van der Waals surface area contributed by atoms with Crippen LogP contribution in [-0.4, -0.2) is 28.2 Å². The number of fused-ring (bicyclic) bond motifs is 1. The SMILES string of the molecule is CC(C)(C)N(Cc1c(F)ccc2c1CCO2)C(=O)O. The fourth-order valence-electron chi connectivity index (χ4n) is 2.24. The van der Waals surface area contributed by atoms with Crippen LogP contribution in [0.25, 0.3) is 0 Å². The van der Waals surface area contributed by atoms with Crippen molar-refractivity contribution in [2.45, 2.75) is 39.3 Å². The van der Waals surface area contributed by atoms with E-state index in [1.165, 1.54) is 11.0 Å². The van der Waals surface area contributed by atoms with E-state index in [2.05, 4.69) is 0 Å². The Hall–Kier alpha value is -1.78. The number of rotatable bonds is 2. The maximum atomic E-state index is 14.0. The highest BCUT2D eigenvalue weighted by Gasteiger charge is 2.29. The molecule has 0 bridgehead atoms. The summed E-state index contributed by atoms with van der Waals surface area (Å²) < 4.78 is 19.4. The summed E-state index contributed by atoms with van der Waals surface area (Å²) in [5.41, 5.74) is 0.628. The third-order valence-corrected chi connectivity index (χ3v) is 3.30. The van der Waals surface area contributed by atoms with Gasteiger partial charge in [0.2, 0.25) is 0 Å². The van der Waals surface area contributed by atoms with Gasteiger partial charge in [0.1, 0.15) is 11.6 Å². The Kier molecular flexibility index (Phi) is 3.39. The zero-order valence-corrected chi connectivity index (χ0v) is 11.4. The van der Waals surface area contributed by atoms with Crippen LogP contribution in [0.1, 0.15) is 31.9 Å². The molecule has 0 spiro atoms. The lowest BCUT2D eigenvalue weighted by atomic mass is 10.0. The molecule has 0 atom stereocenters. The molecule has 2 rings (SSSR count). The minimum atomic E-state index is -1.05. The molecule has 0 saturated heterocycles. The Morgan fingerprint density at radius 1 is 1.47 bits per heavy atom. The summed E-state index contributed by atoms with van der Waals surface area (Å²) in [6, 6.07) is 2.94. The third-order valence-electron chi connectivity index (χ3n) is 3.30. The van der Waals surface area contributed by atoms with Gasteiger partial charge in [-0.3, -0.25) is 4.90 Å². The van der Waals surface area contributed by atoms with Crippen molar-refractivity contribution in [3.8, 4) is 5.75 Å². The summed E-state index contributed by atoms with van der Waals surface area (Å²) >= 11 is 0. The molecule has 0 saturated carbocycles. The van der Waals surface area contributed by atoms with E-state index in [4.69, 9.17) is 4.74 Å². The number of nitrogens with zero attached hydrogens (tertiary/aromatic N) is 1. The predicted molar refractivity (Wildman–Crippen MR) is 68.9 cm³/mol. The predicted octanol–water partition coefficient (Wildman–Crippen LogP) is 3.04. The standard InChI is InChI=1S/C14H18FNO3/c1-14(2,3)16(13(17)18)8-10-9-6-7-19-12(9)5-4-11(10)15/h4-5H,6-8H2,1-3H3,(H,17,18). The molecule has 1 aliphatic rings. The molecule has 5 heteroatoms. The van der Waals surface area contributed by atoms with E-state index in [9.17, 15) is 14.3 Å². The van der Waals surface area contributed by atoms with E-state index in [0.29, 0.717) is 24.3 Å². The van der Waals surface area contributed by atoms with Crippen molar-refractivity contribution in [1.29, 1.82) is 0 Å². The normalized spacial score (nSPS) is 13.9. The van der Waals surface area contributed by atoms with Crippen molar-refractivity contribution in [3.05, 3.63) is 29.1 Å². The first-order valence-corrected chi connectivity index (χ1v) is 6.24. The van der Waals surface area contributed by atoms with E-state index in [-0.39, 0.29) is 12.4 Å². The summed E-state index contributed by atoms with van der Waals surface area (Å²) in [6.45, 7) is 5.93. The number of carboxylic acid groups (broad SMARTS) is 1. The van der Waals surface area contributed by atoms with Crippen LogP contribution in [0.5, 0.6) is 5.75 Å². The summed E-state index contributed by atoms with van der Waals surface area (Å²) in [7, 11) is 0. The molecular weight excluding hydrogens is 249 g/mol. The maximum Gasteiger partial charge on any atom is 0.408 e. The van der Waals surface area contributed by atoms with Crippen molar-refractivity contribution < 1.29 is 19.0 Å². The molecule has 0 fully saturated rings. The Morgan fingerprint density at radius 3 is 2.74 bits per heavy atom. The second-order valence-corrected chi connectivity index (χ2v) is 5.64. The fourth-order valence-corrected chi connectivity index (χ4v) is 2.24. The molecule has 0 aromatic heterocycles. The lowest BCUT2D eigenvalue weighted by Crippen LogP contribution is -2.44. The summed E-state index contributed by atoms with van der Waals surface area (Å²) in [6.07, 6.45) is -0.427. The van der Waals surface area contributed by atoms with Gasteiger partial charge in [0.25, 0.3) is 0 Å². The van der Waals surface area contributed by atoms with Crippen molar-refractivity contribution in [2.24, 2.45) is 0 Å². The quantitative estimate of drug-likeness (QED) is 0.896. The second-order valence-electron chi connectivity index (χ2n) is 5.64. The lowest BCUT2D eigenvalue weighted by molar-refractivity contribution is 0.0947. The number of carbonyl (C=O) groups is 1. The molecule has 1 heterocycles. The Balaban J connectivity index is 2.38. The largest absolute Gasteiger partial charge is 0.493 e. The minimum Gasteiger partial charge on any atom is -0.493 e.